The second kappa shape index (κ2) is 6.01. The van der Waals surface area contributed by atoms with Crippen LogP contribution in [0.2, 0.25) is 0 Å². The minimum atomic E-state index is -0.116. The van der Waals surface area contributed by atoms with Gasteiger partial charge in [-0.2, -0.15) is 0 Å². The number of methoxy groups -OCH3 is 1. The number of carbonyl (C=O) groups excluding carboxylic acids is 1. The molecule has 6 nitrogen and oxygen atoms in total. The molecule has 0 unspecified atom stereocenters. The molecule has 0 bridgehead atoms. The van der Waals surface area contributed by atoms with E-state index in [-0.39, 0.29) is 12.2 Å². The number of aryl methyl sites for hydroxylation is 1. The van der Waals surface area contributed by atoms with Gasteiger partial charge in [-0.15, -0.1) is 0 Å². The van der Waals surface area contributed by atoms with Gasteiger partial charge in [-0.3, -0.25) is 9.59 Å². The minimum absolute atomic E-state index is 0.116. The largest absolute Gasteiger partial charge is 0.487 e. The van der Waals surface area contributed by atoms with Crippen LogP contribution in [-0.4, -0.2) is 22.9 Å². The third-order valence-corrected chi connectivity index (χ3v) is 2.77. The summed E-state index contributed by atoms with van der Waals surface area (Å²) in [6, 6.07) is 4.75. The molecular weight excluding hydrogens is 260 g/mol. The summed E-state index contributed by atoms with van der Waals surface area (Å²) in [7, 11) is 3.14. The van der Waals surface area contributed by atoms with Crippen molar-refractivity contribution in [3.05, 3.63) is 52.1 Å². The van der Waals surface area contributed by atoms with Gasteiger partial charge in [-0.1, -0.05) is 0 Å². The molecule has 0 saturated carbocycles. The van der Waals surface area contributed by atoms with Crippen LogP contribution in [0.15, 0.2) is 35.4 Å². The van der Waals surface area contributed by atoms with Gasteiger partial charge >= 0.3 is 0 Å². The Labute approximate surface area is 115 Å². The predicted molar refractivity (Wildman–Crippen MR) is 72.2 cm³/mol. The van der Waals surface area contributed by atoms with E-state index in [1.54, 1.807) is 19.3 Å². The van der Waals surface area contributed by atoms with Crippen LogP contribution in [0.5, 0.6) is 11.6 Å². The van der Waals surface area contributed by atoms with Gasteiger partial charge in [0, 0.05) is 25.4 Å². The molecule has 0 amide bonds. The third-order valence-electron chi connectivity index (χ3n) is 2.77. The zero-order valence-electron chi connectivity index (χ0n) is 11.2. The molecule has 2 aromatic rings. The number of hydrogen-bond donors (Lipinski definition) is 0. The molecule has 0 fully saturated rings. The molecule has 104 valence electrons. The number of nitrogens with zero attached hydrogens (tertiary/aromatic N) is 2. The van der Waals surface area contributed by atoms with Crippen LogP contribution in [-0.2, 0) is 13.7 Å². The van der Waals surface area contributed by atoms with Crippen LogP contribution in [0.3, 0.4) is 0 Å². The molecule has 20 heavy (non-hydrogen) atoms. The summed E-state index contributed by atoms with van der Waals surface area (Å²) in [6.45, 7) is 0.185. The van der Waals surface area contributed by atoms with Crippen molar-refractivity contribution in [3.8, 4) is 11.6 Å². The minimum Gasteiger partial charge on any atom is -0.487 e. The van der Waals surface area contributed by atoms with E-state index >= 15 is 0 Å². The average Bonchev–Trinajstić information content (AvgIpc) is 2.48. The first-order chi connectivity index (χ1) is 9.63. The van der Waals surface area contributed by atoms with Crippen LogP contribution in [0, 0.1) is 0 Å². The highest BCUT2D eigenvalue weighted by Gasteiger charge is 2.07. The number of aldehydes is 1. The molecule has 0 aliphatic heterocycles. The summed E-state index contributed by atoms with van der Waals surface area (Å²) in [5.41, 5.74) is 0.955. The van der Waals surface area contributed by atoms with E-state index in [2.05, 4.69) is 4.98 Å². The van der Waals surface area contributed by atoms with E-state index in [0.717, 1.165) is 5.56 Å². The zero-order valence-corrected chi connectivity index (χ0v) is 11.2. The van der Waals surface area contributed by atoms with Gasteiger partial charge in [0.2, 0.25) is 5.88 Å². The van der Waals surface area contributed by atoms with Crippen LogP contribution in [0.4, 0.5) is 0 Å². The molecule has 0 spiro atoms. The monoisotopic (exact) mass is 274 g/mol. The Morgan fingerprint density at radius 3 is 2.85 bits per heavy atom. The molecule has 2 heterocycles. The molecule has 2 rings (SSSR count). The molecule has 0 aromatic carbocycles. The van der Waals surface area contributed by atoms with Crippen LogP contribution < -0.4 is 15.0 Å². The first-order valence-corrected chi connectivity index (χ1v) is 5.91. The maximum Gasteiger partial charge on any atom is 0.250 e. The Morgan fingerprint density at radius 2 is 2.20 bits per heavy atom. The Hall–Kier alpha value is -2.63. The van der Waals surface area contributed by atoms with Gasteiger partial charge < -0.3 is 14.0 Å². The quantitative estimate of drug-likeness (QED) is 0.766. The lowest BCUT2D eigenvalue weighted by Crippen LogP contribution is -2.15. The summed E-state index contributed by atoms with van der Waals surface area (Å²) >= 11 is 0. The summed E-state index contributed by atoms with van der Waals surface area (Å²) < 4.78 is 11.9. The molecule has 0 aliphatic rings. The first-order valence-electron chi connectivity index (χ1n) is 5.91. The molecule has 0 aliphatic carbocycles. The topological polar surface area (TPSA) is 70.4 Å². The number of ether oxygens (including phenoxy) is 2. The molecule has 6 heteroatoms. The Morgan fingerprint density at radius 1 is 1.40 bits per heavy atom. The van der Waals surface area contributed by atoms with Crippen molar-refractivity contribution in [2.45, 2.75) is 6.61 Å². The number of hydrogen-bond acceptors (Lipinski definition) is 5. The average molecular weight is 274 g/mol. The van der Waals surface area contributed by atoms with Crippen LogP contribution in [0.25, 0.3) is 0 Å². The van der Waals surface area contributed by atoms with Crippen LogP contribution in [0.1, 0.15) is 15.9 Å². The number of aromatic nitrogens is 2. The van der Waals surface area contributed by atoms with Gasteiger partial charge in [0.25, 0.3) is 5.56 Å². The summed E-state index contributed by atoms with van der Waals surface area (Å²) in [6.07, 6.45) is 3.75. The number of rotatable bonds is 5. The Kier molecular flexibility index (Phi) is 4.14. The predicted octanol–water partition coefficient (Wildman–Crippen LogP) is 1.18. The van der Waals surface area contributed by atoms with Gasteiger partial charge in [0.05, 0.1) is 18.9 Å². The van der Waals surface area contributed by atoms with Crippen molar-refractivity contribution in [2.75, 3.05) is 7.11 Å². The Balaban J connectivity index is 2.16. The van der Waals surface area contributed by atoms with E-state index in [9.17, 15) is 9.59 Å². The van der Waals surface area contributed by atoms with E-state index in [4.69, 9.17) is 9.47 Å². The molecule has 0 radical (unpaired) electrons. The van der Waals surface area contributed by atoms with E-state index in [1.807, 2.05) is 0 Å². The lowest BCUT2D eigenvalue weighted by Gasteiger charge is -2.09. The van der Waals surface area contributed by atoms with Crippen molar-refractivity contribution in [3.63, 3.8) is 0 Å². The molecular formula is C14H14N2O4. The van der Waals surface area contributed by atoms with Gasteiger partial charge in [0.1, 0.15) is 12.4 Å². The fourth-order valence-electron chi connectivity index (χ4n) is 1.60. The summed E-state index contributed by atoms with van der Waals surface area (Å²) in [5.74, 6) is 0.689. The van der Waals surface area contributed by atoms with Crippen molar-refractivity contribution >= 4 is 6.29 Å². The van der Waals surface area contributed by atoms with E-state index in [1.165, 1.54) is 30.0 Å². The molecule has 0 N–H and O–H groups in total. The first kappa shape index (κ1) is 13.8. The lowest BCUT2D eigenvalue weighted by molar-refractivity contribution is 0.111. The highest BCUT2D eigenvalue weighted by molar-refractivity contribution is 5.79. The second-order valence-electron chi connectivity index (χ2n) is 4.16. The van der Waals surface area contributed by atoms with E-state index < -0.39 is 0 Å². The van der Waals surface area contributed by atoms with Gasteiger partial charge in [-0.05, 0) is 11.6 Å². The fraction of sp³-hybridized carbons (Fsp3) is 0.214. The highest BCUT2D eigenvalue weighted by atomic mass is 16.5. The molecule has 0 saturated heterocycles. The van der Waals surface area contributed by atoms with Crippen molar-refractivity contribution in [1.82, 2.24) is 9.55 Å². The summed E-state index contributed by atoms with van der Waals surface area (Å²) in [4.78, 5) is 26.4. The maximum atomic E-state index is 11.5. The normalized spacial score (nSPS) is 10.1. The number of carbonyl (C=O) groups is 1. The highest BCUT2D eigenvalue weighted by Crippen LogP contribution is 2.20. The fourth-order valence-corrected chi connectivity index (χ4v) is 1.60. The molecule has 2 aromatic heterocycles. The SMILES string of the molecule is COc1cc(C=O)c(OCc2ccn(C)c(=O)c2)cn1. The van der Waals surface area contributed by atoms with Crippen molar-refractivity contribution in [1.29, 1.82) is 0 Å². The standard InChI is InChI=1S/C14H14N2O4/c1-16-4-3-10(5-14(16)18)9-20-12-7-15-13(19-2)6-11(12)8-17/h3-8H,9H2,1-2H3. The molecule has 0 atom stereocenters. The van der Waals surface area contributed by atoms with Gasteiger partial charge in [-0.25, -0.2) is 4.98 Å². The van der Waals surface area contributed by atoms with Crippen LogP contribution >= 0.6 is 0 Å². The number of pyridine rings is 2. The van der Waals surface area contributed by atoms with Crippen molar-refractivity contribution < 1.29 is 14.3 Å². The Bertz CT molecular complexity index is 679. The smallest absolute Gasteiger partial charge is 0.250 e. The third kappa shape index (κ3) is 3.03. The van der Waals surface area contributed by atoms with E-state index in [0.29, 0.717) is 23.5 Å². The summed E-state index contributed by atoms with van der Waals surface area (Å²) in [5, 5.41) is 0. The zero-order chi connectivity index (χ0) is 14.5. The van der Waals surface area contributed by atoms with Crippen molar-refractivity contribution in [2.24, 2.45) is 7.05 Å². The lowest BCUT2D eigenvalue weighted by atomic mass is 10.2. The second-order valence-corrected chi connectivity index (χ2v) is 4.16. The van der Waals surface area contributed by atoms with Gasteiger partial charge in [0.15, 0.2) is 6.29 Å². The maximum absolute atomic E-state index is 11.5.